The van der Waals surface area contributed by atoms with E-state index in [2.05, 4.69) is 0 Å². The fourth-order valence-electron chi connectivity index (χ4n) is 1.35. The molecule has 0 bridgehead atoms. The predicted octanol–water partition coefficient (Wildman–Crippen LogP) is 4.17. The highest BCUT2D eigenvalue weighted by Crippen LogP contribution is 2.28. The lowest BCUT2D eigenvalue weighted by Crippen LogP contribution is -2.33. The molecule has 0 amide bonds. The van der Waals surface area contributed by atoms with Gasteiger partial charge in [0.25, 0.3) is 0 Å². The Kier molecular flexibility index (Phi) is 6.25. The van der Waals surface area contributed by atoms with E-state index in [0.29, 0.717) is 12.3 Å². The second-order valence-electron chi connectivity index (χ2n) is 4.54. The van der Waals surface area contributed by atoms with E-state index in [1.807, 2.05) is 13.8 Å². The number of rotatable bonds is 6. The molecule has 0 aliphatic heterocycles. The van der Waals surface area contributed by atoms with E-state index in [1.165, 1.54) is 0 Å². The molecule has 0 fully saturated rings. The average molecular weight is 226 g/mol. The summed E-state index contributed by atoms with van der Waals surface area (Å²) in [5, 5.41) is 0. The van der Waals surface area contributed by atoms with Crippen LogP contribution in [0.3, 0.4) is 0 Å². The highest BCUT2D eigenvalue weighted by Gasteiger charge is 2.40. The van der Waals surface area contributed by atoms with Crippen LogP contribution in [0.15, 0.2) is 0 Å². The topological polar surface area (TPSA) is 9.23 Å². The Morgan fingerprint density at radius 3 is 1.87 bits per heavy atom. The molecule has 92 valence electrons. The van der Waals surface area contributed by atoms with Gasteiger partial charge in [0.15, 0.2) is 6.10 Å². The zero-order valence-electron chi connectivity index (χ0n) is 9.90. The van der Waals surface area contributed by atoms with Gasteiger partial charge >= 0.3 is 6.18 Å². The fourth-order valence-corrected chi connectivity index (χ4v) is 1.35. The van der Waals surface area contributed by atoms with Gasteiger partial charge in [-0.2, -0.15) is 13.2 Å². The van der Waals surface area contributed by atoms with Crippen LogP contribution in [0.2, 0.25) is 0 Å². The fraction of sp³-hybridized carbons (Fsp3) is 1.00. The first-order valence-electron chi connectivity index (χ1n) is 5.45. The van der Waals surface area contributed by atoms with Crippen molar-refractivity contribution in [3.8, 4) is 0 Å². The Balaban J connectivity index is 4.03. The summed E-state index contributed by atoms with van der Waals surface area (Å²) < 4.78 is 42.3. The van der Waals surface area contributed by atoms with Crippen molar-refractivity contribution in [3.63, 3.8) is 0 Å². The molecule has 0 N–H and O–H groups in total. The number of ether oxygens (including phenoxy) is 1. The predicted molar refractivity (Wildman–Crippen MR) is 54.8 cm³/mol. The lowest BCUT2D eigenvalue weighted by atomic mass is 10.0. The van der Waals surface area contributed by atoms with Gasteiger partial charge in [0.2, 0.25) is 0 Å². The van der Waals surface area contributed by atoms with Crippen LogP contribution in [0, 0.1) is 5.92 Å². The van der Waals surface area contributed by atoms with E-state index in [4.69, 9.17) is 4.74 Å². The van der Waals surface area contributed by atoms with Crippen LogP contribution in [0.5, 0.6) is 0 Å². The monoisotopic (exact) mass is 226 g/mol. The first-order chi connectivity index (χ1) is 6.73. The van der Waals surface area contributed by atoms with Crippen LogP contribution in [-0.4, -0.2) is 18.4 Å². The molecule has 15 heavy (non-hydrogen) atoms. The van der Waals surface area contributed by atoms with Crippen LogP contribution >= 0.6 is 0 Å². The van der Waals surface area contributed by atoms with Crippen LogP contribution in [-0.2, 0) is 4.74 Å². The van der Waals surface area contributed by atoms with Crippen molar-refractivity contribution >= 4 is 0 Å². The standard InChI is InChI=1S/C11H21F3O/c1-8(2)6-5-7-10(11(12,13)14)15-9(3)4/h8-10H,5-7H2,1-4H3/t10-/m1/s1. The van der Waals surface area contributed by atoms with Gasteiger partial charge in [-0.1, -0.05) is 26.7 Å². The molecule has 0 spiro atoms. The first kappa shape index (κ1) is 14.8. The minimum absolute atomic E-state index is 0.0693. The molecule has 0 aromatic rings. The van der Waals surface area contributed by atoms with E-state index in [-0.39, 0.29) is 12.5 Å². The highest BCUT2D eigenvalue weighted by molar-refractivity contribution is 4.69. The molecule has 0 saturated carbocycles. The van der Waals surface area contributed by atoms with E-state index >= 15 is 0 Å². The number of hydrogen-bond acceptors (Lipinski definition) is 1. The lowest BCUT2D eigenvalue weighted by Gasteiger charge is -2.23. The Morgan fingerprint density at radius 2 is 1.53 bits per heavy atom. The molecule has 0 saturated heterocycles. The molecule has 0 aromatic carbocycles. The molecule has 0 radical (unpaired) electrons. The molecule has 1 atom stereocenters. The van der Waals surface area contributed by atoms with Crippen molar-refractivity contribution in [2.75, 3.05) is 0 Å². The summed E-state index contributed by atoms with van der Waals surface area (Å²) >= 11 is 0. The van der Waals surface area contributed by atoms with Gasteiger partial charge in [-0.25, -0.2) is 0 Å². The summed E-state index contributed by atoms with van der Waals surface area (Å²) in [6, 6.07) is 0. The molecule has 0 unspecified atom stereocenters. The molecular formula is C11H21F3O. The van der Waals surface area contributed by atoms with Gasteiger partial charge in [0, 0.05) is 0 Å². The second-order valence-corrected chi connectivity index (χ2v) is 4.54. The van der Waals surface area contributed by atoms with Crippen molar-refractivity contribution in [1.29, 1.82) is 0 Å². The Hall–Kier alpha value is -0.250. The van der Waals surface area contributed by atoms with Crippen LogP contribution < -0.4 is 0 Å². The Bertz CT molecular complexity index is 164. The van der Waals surface area contributed by atoms with E-state index in [1.54, 1.807) is 13.8 Å². The van der Waals surface area contributed by atoms with Gasteiger partial charge in [0.05, 0.1) is 6.10 Å². The van der Waals surface area contributed by atoms with Crippen molar-refractivity contribution < 1.29 is 17.9 Å². The van der Waals surface area contributed by atoms with Gasteiger partial charge < -0.3 is 4.74 Å². The largest absolute Gasteiger partial charge is 0.414 e. The first-order valence-corrected chi connectivity index (χ1v) is 5.45. The third-order valence-corrected chi connectivity index (χ3v) is 2.05. The van der Waals surface area contributed by atoms with Crippen LogP contribution in [0.1, 0.15) is 47.0 Å². The summed E-state index contributed by atoms with van der Waals surface area (Å²) in [5.74, 6) is 0.443. The lowest BCUT2D eigenvalue weighted by molar-refractivity contribution is -0.231. The molecule has 0 rings (SSSR count). The van der Waals surface area contributed by atoms with Crippen molar-refractivity contribution in [3.05, 3.63) is 0 Å². The third-order valence-electron chi connectivity index (χ3n) is 2.05. The van der Waals surface area contributed by atoms with Crippen molar-refractivity contribution in [1.82, 2.24) is 0 Å². The molecule has 4 heteroatoms. The molecule has 1 nitrogen and oxygen atoms in total. The van der Waals surface area contributed by atoms with E-state index < -0.39 is 12.3 Å². The molecule has 0 aliphatic carbocycles. The smallest absolute Gasteiger partial charge is 0.366 e. The number of halogens is 3. The summed E-state index contributed by atoms with van der Waals surface area (Å²) in [5.41, 5.74) is 0. The molecule has 0 heterocycles. The summed E-state index contributed by atoms with van der Waals surface area (Å²) in [4.78, 5) is 0. The van der Waals surface area contributed by atoms with Gasteiger partial charge in [0.1, 0.15) is 0 Å². The summed E-state index contributed by atoms with van der Waals surface area (Å²) in [6.45, 7) is 7.26. The summed E-state index contributed by atoms with van der Waals surface area (Å²) in [7, 11) is 0. The minimum atomic E-state index is -4.23. The Labute approximate surface area is 90.0 Å². The van der Waals surface area contributed by atoms with Gasteiger partial charge in [-0.15, -0.1) is 0 Å². The van der Waals surface area contributed by atoms with E-state index in [0.717, 1.165) is 6.42 Å². The third kappa shape index (κ3) is 7.65. The van der Waals surface area contributed by atoms with Gasteiger partial charge in [-0.3, -0.25) is 0 Å². The second kappa shape index (κ2) is 6.36. The summed E-state index contributed by atoms with van der Waals surface area (Å²) in [6.07, 6.45) is -4.77. The molecule has 0 aromatic heterocycles. The maximum Gasteiger partial charge on any atom is 0.414 e. The maximum atomic E-state index is 12.5. The van der Waals surface area contributed by atoms with E-state index in [9.17, 15) is 13.2 Å². The maximum absolute atomic E-state index is 12.5. The van der Waals surface area contributed by atoms with Crippen molar-refractivity contribution in [2.45, 2.75) is 65.3 Å². The minimum Gasteiger partial charge on any atom is -0.366 e. The van der Waals surface area contributed by atoms with Gasteiger partial charge in [-0.05, 0) is 26.2 Å². The quantitative estimate of drug-likeness (QED) is 0.660. The van der Waals surface area contributed by atoms with Crippen molar-refractivity contribution in [2.24, 2.45) is 5.92 Å². The normalized spacial score (nSPS) is 15.0. The SMILES string of the molecule is CC(C)CCC[C@@H](OC(C)C)C(F)(F)F. The number of alkyl halides is 3. The number of hydrogen-bond donors (Lipinski definition) is 0. The molecule has 0 aliphatic rings. The van der Waals surface area contributed by atoms with Crippen LogP contribution in [0.4, 0.5) is 13.2 Å². The zero-order chi connectivity index (χ0) is 12.1. The molecular weight excluding hydrogens is 205 g/mol. The Morgan fingerprint density at radius 1 is 1.00 bits per heavy atom. The average Bonchev–Trinajstić information content (AvgIpc) is 1.99. The highest BCUT2D eigenvalue weighted by atomic mass is 19.4. The van der Waals surface area contributed by atoms with Crippen LogP contribution in [0.25, 0.3) is 0 Å². The zero-order valence-corrected chi connectivity index (χ0v) is 9.90.